The molecule has 1 aliphatic rings. The van der Waals surface area contributed by atoms with Crippen molar-refractivity contribution < 1.29 is 9.72 Å². The van der Waals surface area contributed by atoms with Crippen molar-refractivity contribution >= 4 is 28.7 Å². The Hall–Kier alpha value is -3.48. The minimum absolute atomic E-state index is 0.0305. The summed E-state index contributed by atoms with van der Waals surface area (Å²) < 4.78 is 0. The number of amides is 1. The SMILES string of the molecule is O=C(/C=C/c1ccc([N+](=O)[O-])cc1)N1CCC[C@@H]1c1nc2ccccc2[nH]1. The Labute approximate surface area is 155 Å². The number of nitro groups is 1. The number of likely N-dealkylation sites (tertiary alicyclic amines) is 1. The number of para-hydroxylation sites is 2. The van der Waals surface area contributed by atoms with Crippen LogP contribution in [0.2, 0.25) is 0 Å². The van der Waals surface area contributed by atoms with E-state index in [-0.39, 0.29) is 17.6 Å². The van der Waals surface area contributed by atoms with E-state index in [0.717, 1.165) is 35.3 Å². The fraction of sp³-hybridized carbons (Fsp3) is 0.200. The maximum atomic E-state index is 12.7. The summed E-state index contributed by atoms with van der Waals surface area (Å²) in [6.45, 7) is 0.686. The van der Waals surface area contributed by atoms with Gasteiger partial charge in [-0.15, -0.1) is 0 Å². The number of benzene rings is 2. The Morgan fingerprint density at radius 1 is 1.22 bits per heavy atom. The number of nitro benzene ring substituents is 1. The third-order valence-electron chi connectivity index (χ3n) is 4.78. The smallest absolute Gasteiger partial charge is 0.269 e. The first-order valence-corrected chi connectivity index (χ1v) is 8.79. The molecule has 27 heavy (non-hydrogen) atoms. The molecule has 1 N–H and O–H groups in total. The number of rotatable bonds is 4. The summed E-state index contributed by atoms with van der Waals surface area (Å²) in [5, 5.41) is 10.7. The monoisotopic (exact) mass is 362 g/mol. The largest absolute Gasteiger partial charge is 0.340 e. The molecular weight excluding hydrogens is 344 g/mol. The highest BCUT2D eigenvalue weighted by molar-refractivity contribution is 5.92. The van der Waals surface area contributed by atoms with Crippen LogP contribution in [0.5, 0.6) is 0 Å². The molecule has 0 spiro atoms. The second kappa shape index (κ2) is 7.03. The number of H-pyrrole nitrogens is 1. The summed E-state index contributed by atoms with van der Waals surface area (Å²) >= 11 is 0. The van der Waals surface area contributed by atoms with Crippen LogP contribution in [-0.2, 0) is 4.79 Å². The number of imidazole rings is 1. The van der Waals surface area contributed by atoms with E-state index in [1.165, 1.54) is 18.2 Å². The van der Waals surface area contributed by atoms with E-state index in [0.29, 0.717) is 6.54 Å². The standard InChI is InChI=1S/C20H18N4O3/c25-19(12-9-14-7-10-15(11-8-14)24(26)27)23-13-3-6-18(23)20-21-16-4-1-2-5-17(16)22-20/h1-2,4-5,7-12,18H,3,6,13H2,(H,21,22)/b12-9+/t18-/m1/s1. The van der Waals surface area contributed by atoms with Crippen molar-refractivity contribution in [2.75, 3.05) is 6.54 Å². The van der Waals surface area contributed by atoms with Gasteiger partial charge in [-0.3, -0.25) is 14.9 Å². The van der Waals surface area contributed by atoms with E-state index in [9.17, 15) is 14.9 Å². The third kappa shape index (κ3) is 3.44. The number of non-ortho nitro benzene ring substituents is 1. The number of aromatic amines is 1. The van der Waals surface area contributed by atoms with Crippen LogP contribution in [0.3, 0.4) is 0 Å². The normalized spacial score (nSPS) is 17.0. The molecule has 4 rings (SSSR count). The van der Waals surface area contributed by atoms with Gasteiger partial charge in [0, 0.05) is 24.8 Å². The summed E-state index contributed by atoms with van der Waals surface area (Å²) in [5.41, 5.74) is 2.64. The number of carbonyl (C=O) groups excluding carboxylic acids is 1. The van der Waals surface area contributed by atoms with Crippen molar-refractivity contribution in [1.82, 2.24) is 14.9 Å². The molecule has 1 aliphatic heterocycles. The molecule has 1 amide bonds. The van der Waals surface area contributed by atoms with Crippen LogP contribution in [0.15, 0.2) is 54.6 Å². The average Bonchev–Trinajstić information content (AvgIpc) is 3.32. The number of hydrogen-bond donors (Lipinski definition) is 1. The van der Waals surface area contributed by atoms with E-state index in [4.69, 9.17) is 0 Å². The highest BCUT2D eigenvalue weighted by Crippen LogP contribution is 2.31. The number of nitrogens with zero attached hydrogens (tertiary/aromatic N) is 3. The quantitative estimate of drug-likeness (QED) is 0.433. The molecule has 2 heterocycles. The van der Waals surface area contributed by atoms with Crippen molar-refractivity contribution in [3.63, 3.8) is 0 Å². The average molecular weight is 362 g/mol. The molecule has 0 saturated carbocycles. The van der Waals surface area contributed by atoms with Gasteiger partial charge in [0.25, 0.3) is 5.69 Å². The second-order valence-electron chi connectivity index (χ2n) is 6.51. The predicted octanol–water partition coefficient (Wildman–Crippen LogP) is 3.85. The second-order valence-corrected chi connectivity index (χ2v) is 6.51. The van der Waals surface area contributed by atoms with Gasteiger partial charge in [0.1, 0.15) is 5.82 Å². The maximum Gasteiger partial charge on any atom is 0.269 e. The summed E-state index contributed by atoms with van der Waals surface area (Å²) in [5.74, 6) is 0.724. The van der Waals surface area contributed by atoms with Gasteiger partial charge >= 0.3 is 0 Å². The zero-order valence-corrected chi connectivity index (χ0v) is 14.5. The van der Waals surface area contributed by atoms with E-state index in [1.807, 2.05) is 29.2 Å². The van der Waals surface area contributed by atoms with Crippen LogP contribution in [0.4, 0.5) is 5.69 Å². The van der Waals surface area contributed by atoms with Crippen LogP contribution in [-0.4, -0.2) is 32.2 Å². The van der Waals surface area contributed by atoms with Crippen molar-refractivity contribution in [3.8, 4) is 0 Å². The highest BCUT2D eigenvalue weighted by atomic mass is 16.6. The molecule has 1 saturated heterocycles. The lowest BCUT2D eigenvalue weighted by Gasteiger charge is -2.21. The van der Waals surface area contributed by atoms with Gasteiger partial charge in [0.15, 0.2) is 0 Å². The van der Waals surface area contributed by atoms with Crippen molar-refractivity contribution in [3.05, 3.63) is 76.1 Å². The number of nitrogens with one attached hydrogen (secondary N) is 1. The topological polar surface area (TPSA) is 92.1 Å². The zero-order chi connectivity index (χ0) is 18.8. The number of fused-ring (bicyclic) bond motifs is 1. The molecule has 136 valence electrons. The van der Waals surface area contributed by atoms with Gasteiger partial charge < -0.3 is 9.88 Å². The first kappa shape index (κ1) is 17.0. The Balaban J connectivity index is 1.51. The first-order valence-electron chi connectivity index (χ1n) is 8.79. The fourth-order valence-electron chi connectivity index (χ4n) is 3.42. The van der Waals surface area contributed by atoms with Gasteiger partial charge in [0.05, 0.1) is 22.0 Å². The lowest BCUT2D eigenvalue weighted by atomic mass is 10.2. The van der Waals surface area contributed by atoms with Gasteiger partial charge in [-0.2, -0.15) is 0 Å². The summed E-state index contributed by atoms with van der Waals surface area (Å²) in [4.78, 5) is 32.7. The van der Waals surface area contributed by atoms with Crippen molar-refractivity contribution in [1.29, 1.82) is 0 Å². The summed E-state index contributed by atoms with van der Waals surface area (Å²) in [7, 11) is 0. The highest BCUT2D eigenvalue weighted by Gasteiger charge is 2.31. The van der Waals surface area contributed by atoms with Crippen LogP contribution >= 0.6 is 0 Å². The Bertz CT molecular complexity index is 990. The predicted molar refractivity (Wildman–Crippen MR) is 102 cm³/mol. The molecule has 3 aromatic rings. The molecular formula is C20H18N4O3. The number of hydrogen-bond acceptors (Lipinski definition) is 4. The Morgan fingerprint density at radius 2 is 2.00 bits per heavy atom. The van der Waals surface area contributed by atoms with Gasteiger partial charge in [-0.1, -0.05) is 12.1 Å². The minimum Gasteiger partial charge on any atom is -0.340 e. The number of aromatic nitrogens is 2. The molecule has 0 aliphatic carbocycles. The maximum absolute atomic E-state index is 12.7. The van der Waals surface area contributed by atoms with E-state index >= 15 is 0 Å². The molecule has 1 fully saturated rings. The van der Waals surface area contributed by atoms with Gasteiger partial charge in [-0.25, -0.2) is 4.98 Å². The van der Waals surface area contributed by atoms with Gasteiger partial charge in [0.2, 0.25) is 5.91 Å². The molecule has 0 radical (unpaired) electrons. The Morgan fingerprint density at radius 3 is 2.74 bits per heavy atom. The first-order chi connectivity index (χ1) is 13.1. The lowest BCUT2D eigenvalue weighted by molar-refractivity contribution is -0.384. The minimum atomic E-state index is -0.444. The van der Waals surface area contributed by atoms with Gasteiger partial charge in [-0.05, 0) is 48.7 Å². The molecule has 7 heteroatoms. The molecule has 1 aromatic heterocycles. The summed E-state index contributed by atoms with van der Waals surface area (Å²) in [6.07, 6.45) is 5.00. The number of carbonyl (C=O) groups is 1. The lowest BCUT2D eigenvalue weighted by Crippen LogP contribution is -2.29. The third-order valence-corrected chi connectivity index (χ3v) is 4.78. The fourth-order valence-corrected chi connectivity index (χ4v) is 3.42. The van der Waals surface area contributed by atoms with Crippen LogP contribution in [0.25, 0.3) is 17.1 Å². The molecule has 1 atom stereocenters. The van der Waals surface area contributed by atoms with Crippen molar-refractivity contribution in [2.24, 2.45) is 0 Å². The van der Waals surface area contributed by atoms with Crippen LogP contribution < -0.4 is 0 Å². The van der Waals surface area contributed by atoms with Crippen LogP contribution in [0, 0.1) is 10.1 Å². The van der Waals surface area contributed by atoms with E-state index < -0.39 is 4.92 Å². The van der Waals surface area contributed by atoms with Crippen molar-refractivity contribution in [2.45, 2.75) is 18.9 Å². The zero-order valence-electron chi connectivity index (χ0n) is 14.5. The summed E-state index contributed by atoms with van der Waals surface area (Å²) in [6, 6.07) is 13.9. The van der Waals surface area contributed by atoms with E-state index in [1.54, 1.807) is 18.2 Å². The molecule has 7 nitrogen and oxygen atoms in total. The van der Waals surface area contributed by atoms with Crippen LogP contribution in [0.1, 0.15) is 30.3 Å². The molecule has 0 bridgehead atoms. The Kier molecular flexibility index (Phi) is 4.42. The molecule has 2 aromatic carbocycles. The molecule has 0 unspecified atom stereocenters. The van der Waals surface area contributed by atoms with E-state index in [2.05, 4.69) is 9.97 Å².